The first-order valence-electron chi connectivity index (χ1n) is 8.56. The number of carbonyl (C=O) groups is 3. The molecule has 0 aliphatic carbocycles. The van der Waals surface area contributed by atoms with E-state index in [9.17, 15) is 14.4 Å². The van der Waals surface area contributed by atoms with E-state index in [1.54, 1.807) is 4.90 Å². The molecule has 1 saturated heterocycles. The summed E-state index contributed by atoms with van der Waals surface area (Å²) in [7, 11) is 0. The van der Waals surface area contributed by atoms with Gasteiger partial charge in [0.15, 0.2) is 6.10 Å². The molecule has 134 valence electrons. The first-order chi connectivity index (χ1) is 12.1. The number of benzene rings is 1. The highest BCUT2D eigenvalue weighted by Gasteiger charge is 2.29. The maximum absolute atomic E-state index is 12.3. The number of carbonyl (C=O) groups excluding carboxylic acids is 2. The molecule has 25 heavy (non-hydrogen) atoms. The van der Waals surface area contributed by atoms with Crippen LogP contribution in [-0.4, -0.2) is 60.1 Å². The molecule has 1 fully saturated rings. The zero-order chi connectivity index (χ0) is 17.8. The molecule has 2 amide bonds. The number of rotatable bonds is 5. The lowest BCUT2D eigenvalue weighted by atomic mass is 10.0. The Morgan fingerprint density at radius 3 is 2.84 bits per heavy atom. The minimum absolute atomic E-state index is 0.0830. The molecular formula is C18H22N2O5. The molecule has 0 saturated carbocycles. The summed E-state index contributed by atoms with van der Waals surface area (Å²) < 4.78 is 5.13. The van der Waals surface area contributed by atoms with Gasteiger partial charge in [0.05, 0.1) is 13.2 Å². The number of hydrogen-bond acceptors (Lipinski definition) is 4. The third-order valence-corrected chi connectivity index (χ3v) is 4.66. The topological polar surface area (TPSA) is 87.2 Å². The third-order valence-electron chi connectivity index (χ3n) is 4.66. The van der Waals surface area contributed by atoms with Crippen LogP contribution in [0.5, 0.6) is 0 Å². The van der Waals surface area contributed by atoms with Crippen molar-refractivity contribution in [1.82, 2.24) is 4.90 Å². The van der Waals surface area contributed by atoms with Crippen molar-refractivity contribution in [1.29, 1.82) is 0 Å². The molecule has 2 heterocycles. The van der Waals surface area contributed by atoms with Crippen LogP contribution in [0.2, 0.25) is 0 Å². The van der Waals surface area contributed by atoms with E-state index in [1.165, 1.54) is 4.90 Å². The highest BCUT2D eigenvalue weighted by molar-refractivity contribution is 5.96. The molecule has 0 radical (unpaired) electrons. The van der Waals surface area contributed by atoms with Gasteiger partial charge < -0.3 is 19.6 Å². The normalized spacial score (nSPS) is 20.3. The van der Waals surface area contributed by atoms with Crippen LogP contribution in [0.1, 0.15) is 24.8 Å². The Hall–Kier alpha value is -2.41. The van der Waals surface area contributed by atoms with E-state index in [-0.39, 0.29) is 31.4 Å². The summed E-state index contributed by atoms with van der Waals surface area (Å²) in [6.07, 6.45) is 1.14. The Bertz CT molecular complexity index is 675. The fourth-order valence-electron chi connectivity index (χ4n) is 3.31. The second-order valence-corrected chi connectivity index (χ2v) is 6.32. The van der Waals surface area contributed by atoms with Crippen LogP contribution in [0.4, 0.5) is 5.69 Å². The van der Waals surface area contributed by atoms with Gasteiger partial charge in [-0.2, -0.15) is 0 Å². The summed E-state index contributed by atoms with van der Waals surface area (Å²) in [6.45, 7) is 1.22. The second-order valence-electron chi connectivity index (χ2n) is 6.32. The van der Waals surface area contributed by atoms with E-state index in [1.807, 2.05) is 24.3 Å². The average molecular weight is 346 g/mol. The zero-order valence-corrected chi connectivity index (χ0v) is 14.0. The van der Waals surface area contributed by atoms with Crippen molar-refractivity contribution in [2.24, 2.45) is 0 Å². The number of ether oxygens (including phenoxy) is 1. The van der Waals surface area contributed by atoms with E-state index in [0.29, 0.717) is 25.9 Å². The van der Waals surface area contributed by atoms with Crippen molar-refractivity contribution >= 4 is 23.5 Å². The Labute approximate surface area is 146 Å². The summed E-state index contributed by atoms with van der Waals surface area (Å²) in [5, 5.41) is 9.00. The number of aliphatic carboxylic acids is 1. The third kappa shape index (κ3) is 3.99. The Balaban J connectivity index is 1.53. The van der Waals surface area contributed by atoms with Crippen LogP contribution in [0.3, 0.4) is 0 Å². The number of aryl methyl sites for hydroxylation is 1. The predicted molar refractivity (Wildman–Crippen MR) is 90.3 cm³/mol. The van der Waals surface area contributed by atoms with Gasteiger partial charge in [-0.1, -0.05) is 18.2 Å². The first-order valence-corrected chi connectivity index (χ1v) is 8.56. The number of carboxylic acids is 1. The van der Waals surface area contributed by atoms with E-state index in [2.05, 4.69) is 0 Å². The molecule has 0 spiro atoms. The van der Waals surface area contributed by atoms with Crippen molar-refractivity contribution < 1.29 is 24.2 Å². The van der Waals surface area contributed by atoms with E-state index >= 15 is 0 Å². The average Bonchev–Trinajstić information content (AvgIpc) is 2.63. The lowest BCUT2D eigenvalue weighted by Gasteiger charge is -2.32. The molecule has 0 aromatic heterocycles. The minimum atomic E-state index is -1.05. The summed E-state index contributed by atoms with van der Waals surface area (Å²) in [4.78, 5) is 38.8. The van der Waals surface area contributed by atoms with Crippen LogP contribution in [0.15, 0.2) is 24.3 Å². The fourth-order valence-corrected chi connectivity index (χ4v) is 3.31. The molecule has 1 N–H and O–H groups in total. The number of nitrogens with zero attached hydrogens (tertiary/aromatic N) is 2. The van der Waals surface area contributed by atoms with Crippen LogP contribution in [0, 0.1) is 0 Å². The molecule has 2 aliphatic heterocycles. The summed E-state index contributed by atoms with van der Waals surface area (Å²) >= 11 is 0. The van der Waals surface area contributed by atoms with E-state index in [0.717, 1.165) is 17.7 Å². The van der Waals surface area contributed by atoms with Gasteiger partial charge in [-0.15, -0.1) is 0 Å². The summed E-state index contributed by atoms with van der Waals surface area (Å²) in [5.41, 5.74) is 2.09. The summed E-state index contributed by atoms with van der Waals surface area (Å²) in [6, 6.07) is 7.84. The van der Waals surface area contributed by atoms with Crippen molar-refractivity contribution in [3.05, 3.63) is 29.8 Å². The molecular weight excluding hydrogens is 324 g/mol. The molecule has 2 aliphatic rings. The smallest absolute Gasteiger partial charge is 0.334 e. The summed E-state index contributed by atoms with van der Waals surface area (Å²) in [5.74, 6) is -1.05. The van der Waals surface area contributed by atoms with Gasteiger partial charge in [-0.3, -0.25) is 9.59 Å². The number of fused-ring (bicyclic) bond motifs is 1. The number of carboxylic acid groups (broad SMARTS) is 1. The molecule has 1 atom stereocenters. The number of para-hydroxylation sites is 1. The Morgan fingerprint density at radius 2 is 2.04 bits per heavy atom. The Kier molecular flexibility index (Phi) is 5.33. The van der Waals surface area contributed by atoms with Crippen LogP contribution in [0.25, 0.3) is 0 Å². The van der Waals surface area contributed by atoms with Gasteiger partial charge in [0.1, 0.15) is 0 Å². The lowest BCUT2D eigenvalue weighted by molar-refractivity contribution is -0.159. The molecule has 0 unspecified atom stereocenters. The number of morpholine rings is 1. The highest BCUT2D eigenvalue weighted by Crippen LogP contribution is 2.27. The van der Waals surface area contributed by atoms with Crippen molar-refractivity contribution in [2.45, 2.75) is 31.8 Å². The molecule has 0 bridgehead atoms. The quantitative estimate of drug-likeness (QED) is 0.861. The van der Waals surface area contributed by atoms with Crippen LogP contribution < -0.4 is 4.90 Å². The SMILES string of the molecule is O=C(O)[C@@H]1CN(C(=O)CCCN2C(=O)CCc3ccccc32)CCO1. The fraction of sp³-hybridized carbons (Fsp3) is 0.500. The monoisotopic (exact) mass is 346 g/mol. The van der Waals surface area contributed by atoms with Crippen molar-refractivity contribution in [3.8, 4) is 0 Å². The number of anilines is 1. The van der Waals surface area contributed by atoms with Gasteiger partial charge in [-0.05, 0) is 24.5 Å². The predicted octanol–water partition coefficient (Wildman–Crippen LogP) is 1.06. The van der Waals surface area contributed by atoms with Crippen LogP contribution in [-0.2, 0) is 25.5 Å². The maximum Gasteiger partial charge on any atom is 0.334 e. The lowest BCUT2D eigenvalue weighted by Crippen LogP contribution is -2.48. The minimum Gasteiger partial charge on any atom is -0.479 e. The van der Waals surface area contributed by atoms with Gasteiger partial charge in [0.2, 0.25) is 11.8 Å². The highest BCUT2D eigenvalue weighted by atomic mass is 16.5. The van der Waals surface area contributed by atoms with Gasteiger partial charge in [0, 0.05) is 31.6 Å². The van der Waals surface area contributed by atoms with E-state index < -0.39 is 12.1 Å². The number of amides is 2. The second kappa shape index (κ2) is 7.65. The number of hydrogen-bond donors (Lipinski definition) is 1. The largest absolute Gasteiger partial charge is 0.479 e. The van der Waals surface area contributed by atoms with Crippen LogP contribution >= 0.6 is 0 Å². The molecule has 3 rings (SSSR count). The Morgan fingerprint density at radius 1 is 1.24 bits per heavy atom. The first kappa shape index (κ1) is 17.4. The van der Waals surface area contributed by atoms with Crippen molar-refractivity contribution in [2.75, 3.05) is 31.1 Å². The maximum atomic E-state index is 12.3. The van der Waals surface area contributed by atoms with Crippen molar-refractivity contribution in [3.63, 3.8) is 0 Å². The zero-order valence-electron chi connectivity index (χ0n) is 14.0. The molecule has 1 aromatic carbocycles. The van der Waals surface area contributed by atoms with Gasteiger partial charge in [-0.25, -0.2) is 4.79 Å². The standard InChI is InChI=1S/C18H22N2O5/c21-16(19-10-11-25-15(12-19)18(23)24)6-3-9-20-14-5-2-1-4-13(14)7-8-17(20)22/h1-2,4-5,15H,3,6-12H2,(H,23,24)/t15-/m0/s1. The van der Waals surface area contributed by atoms with Gasteiger partial charge in [0.25, 0.3) is 0 Å². The van der Waals surface area contributed by atoms with E-state index in [4.69, 9.17) is 9.84 Å². The molecule has 7 heteroatoms. The van der Waals surface area contributed by atoms with Gasteiger partial charge >= 0.3 is 5.97 Å². The molecule has 7 nitrogen and oxygen atoms in total. The molecule has 1 aromatic rings.